The highest BCUT2D eigenvalue weighted by Gasteiger charge is 2.41. The number of hydrogen-bond donors (Lipinski definition) is 2. The van der Waals surface area contributed by atoms with Gasteiger partial charge in [-0.2, -0.15) is 26.3 Å². The monoisotopic (exact) mass is 550 g/mol. The molecule has 0 bridgehead atoms. The van der Waals surface area contributed by atoms with E-state index in [1.54, 1.807) is 19.2 Å². The van der Waals surface area contributed by atoms with Gasteiger partial charge in [0.25, 0.3) is 0 Å². The standard InChI is InChI=1S/C18H27FN2O2.2C2HF3O2/c1-22-10-8-20-7-6-18(13-20)14-21(9-11-23-15-18)12-16-2-4-17(19)5-3-16;2*3-2(4,5)1(6)7/h2-5H,6-15H2,1H3;2*(H,6,7). The third-order valence-electron chi connectivity index (χ3n) is 5.45. The van der Waals surface area contributed by atoms with Crippen LogP contribution in [0.1, 0.15) is 12.0 Å². The molecule has 1 unspecified atom stereocenters. The highest BCUT2D eigenvalue weighted by molar-refractivity contribution is 5.73. The molecule has 0 radical (unpaired) electrons. The summed E-state index contributed by atoms with van der Waals surface area (Å²) in [4.78, 5) is 22.7. The number of alkyl halides is 6. The summed E-state index contributed by atoms with van der Waals surface area (Å²) in [5.41, 5.74) is 1.39. The lowest BCUT2D eigenvalue weighted by molar-refractivity contribution is -0.193. The Morgan fingerprint density at radius 3 is 1.97 bits per heavy atom. The van der Waals surface area contributed by atoms with Gasteiger partial charge in [-0.1, -0.05) is 12.1 Å². The van der Waals surface area contributed by atoms with E-state index < -0.39 is 24.3 Å². The maximum absolute atomic E-state index is 13.1. The summed E-state index contributed by atoms with van der Waals surface area (Å²) in [5, 5.41) is 14.2. The molecule has 2 aliphatic heterocycles. The van der Waals surface area contributed by atoms with Gasteiger partial charge in [0.1, 0.15) is 5.82 Å². The van der Waals surface area contributed by atoms with E-state index in [0.717, 1.165) is 64.7 Å². The summed E-state index contributed by atoms with van der Waals surface area (Å²) >= 11 is 0. The van der Waals surface area contributed by atoms with Gasteiger partial charge in [-0.15, -0.1) is 0 Å². The second-order valence-electron chi connectivity index (χ2n) is 8.51. The summed E-state index contributed by atoms with van der Waals surface area (Å²) in [6.45, 7) is 8.46. The molecule has 0 amide bonds. The van der Waals surface area contributed by atoms with Gasteiger partial charge in [0.15, 0.2) is 0 Å². The quantitative estimate of drug-likeness (QED) is 0.540. The number of carbonyl (C=O) groups is 2. The summed E-state index contributed by atoms with van der Waals surface area (Å²) in [7, 11) is 1.75. The SMILES string of the molecule is COCCN1CCC2(COCCN(Cc3ccc(F)cc3)C2)C1.O=C(O)C(F)(F)F.O=C(O)C(F)(F)F. The fourth-order valence-electron chi connectivity index (χ4n) is 3.75. The Morgan fingerprint density at radius 1 is 0.973 bits per heavy atom. The molecule has 1 atom stereocenters. The Balaban J connectivity index is 0.000000404. The third-order valence-corrected chi connectivity index (χ3v) is 5.45. The van der Waals surface area contributed by atoms with Crippen LogP contribution in [0.4, 0.5) is 30.7 Å². The summed E-state index contributed by atoms with van der Waals surface area (Å²) < 4.78 is 87.7. The number of rotatable bonds is 5. The molecule has 1 spiro atoms. The molecule has 3 rings (SSSR count). The largest absolute Gasteiger partial charge is 0.490 e. The molecular formula is C22H29F7N2O6. The van der Waals surface area contributed by atoms with Crippen molar-refractivity contribution in [1.29, 1.82) is 0 Å². The third kappa shape index (κ3) is 12.5. The number of benzene rings is 1. The van der Waals surface area contributed by atoms with Gasteiger partial charge in [0, 0.05) is 45.2 Å². The highest BCUT2D eigenvalue weighted by Crippen LogP contribution is 2.33. The molecule has 0 aliphatic carbocycles. The van der Waals surface area contributed by atoms with Gasteiger partial charge < -0.3 is 24.6 Å². The average molecular weight is 550 g/mol. The van der Waals surface area contributed by atoms with Crippen molar-refractivity contribution in [3.05, 3.63) is 35.6 Å². The van der Waals surface area contributed by atoms with Gasteiger partial charge in [0.2, 0.25) is 0 Å². The molecule has 2 aliphatic rings. The number of ether oxygens (including phenoxy) is 2. The minimum absolute atomic E-state index is 0.172. The van der Waals surface area contributed by atoms with E-state index >= 15 is 0 Å². The van der Waals surface area contributed by atoms with Crippen LogP contribution in [-0.2, 0) is 25.6 Å². The van der Waals surface area contributed by atoms with Crippen molar-refractivity contribution in [3.8, 4) is 0 Å². The van der Waals surface area contributed by atoms with Crippen molar-refractivity contribution in [2.24, 2.45) is 5.41 Å². The maximum atomic E-state index is 13.1. The van der Waals surface area contributed by atoms with E-state index in [0.29, 0.717) is 0 Å². The number of carboxylic acids is 2. The van der Waals surface area contributed by atoms with Gasteiger partial charge in [-0.25, -0.2) is 14.0 Å². The number of hydrogen-bond acceptors (Lipinski definition) is 6. The predicted octanol–water partition coefficient (Wildman–Crippen LogP) is 3.26. The van der Waals surface area contributed by atoms with E-state index in [4.69, 9.17) is 29.3 Å². The lowest BCUT2D eigenvalue weighted by atomic mass is 9.87. The Kier molecular flexibility index (Phi) is 12.7. The Labute approximate surface area is 208 Å². The van der Waals surface area contributed by atoms with Crippen molar-refractivity contribution in [2.75, 3.05) is 59.7 Å². The number of likely N-dealkylation sites (tertiary alicyclic amines) is 1. The van der Waals surface area contributed by atoms with Gasteiger partial charge in [-0.3, -0.25) is 4.90 Å². The van der Waals surface area contributed by atoms with E-state index in [1.807, 2.05) is 12.1 Å². The molecule has 2 heterocycles. The Hall–Kier alpha value is -2.49. The van der Waals surface area contributed by atoms with Crippen molar-refractivity contribution < 1.29 is 60.0 Å². The molecule has 212 valence electrons. The molecule has 15 heteroatoms. The van der Waals surface area contributed by atoms with Gasteiger partial charge in [-0.05, 0) is 30.7 Å². The van der Waals surface area contributed by atoms with E-state index in [2.05, 4.69) is 9.80 Å². The topological polar surface area (TPSA) is 99.5 Å². The molecule has 2 fully saturated rings. The van der Waals surface area contributed by atoms with Crippen LogP contribution in [0, 0.1) is 11.2 Å². The molecular weight excluding hydrogens is 521 g/mol. The lowest BCUT2D eigenvalue weighted by Gasteiger charge is -2.32. The molecule has 2 N–H and O–H groups in total. The van der Waals surface area contributed by atoms with E-state index in [9.17, 15) is 30.7 Å². The second-order valence-corrected chi connectivity index (χ2v) is 8.51. The molecule has 8 nitrogen and oxygen atoms in total. The summed E-state index contributed by atoms with van der Waals surface area (Å²) in [6.07, 6.45) is -8.99. The first kappa shape index (κ1) is 32.5. The normalized spacial score (nSPS) is 20.9. The Bertz CT molecular complexity index is 827. The minimum atomic E-state index is -5.08. The molecule has 37 heavy (non-hydrogen) atoms. The number of nitrogens with zero attached hydrogens (tertiary/aromatic N) is 2. The van der Waals surface area contributed by atoms with E-state index in [1.165, 1.54) is 6.42 Å². The van der Waals surface area contributed by atoms with Gasteiger partial charge >= 0.3 is 24.3 Å². The van der Waals surface area contributed by atoms with Crippen LogP contribution in [0.5, 0.6) is 0 Å². The zero-order chi connectivity index (χ0) is 28.3. The van der Waals surface area contributed by atoms with Crippen molar-refractivity contribution in [3.63, 3.8) is 0 Å². The number of methoxy groups -OCH3 is 1. The van der Waals surface area contributed by atoms with Crippen LogP contribution in [0.3, 0.4) is 0 Å². The highest BCUT2D eigenvalue weighted by atomic mass is 19.4. The second kappa shape index (κ2) is 14.4. The molecule has 0 aromatic heterocycles. The van der Waals surface area contributed by atoms with Crippen molar-refractivity contribution in [1.82, 2.24) is 9.80 Å². The van der Waals surface area contributed by atoms with Crippen LogP contribution >= 0.6 is 0 Å². The maximum Gasteiger partial charge on any atom is 0.490 e. The number of halogens is 7. The summed E-state index contributed by atoms with van der Waals surface area (Å²) in [6, 6.07) is 6.85. The Morgan fingerprint density at radius 2 is 1.49 bits per heavy atom. The van der Waals surface area contributed by atoms with Crippen LogP contribution in [0.25, 0.3) is 0 Å². The van der Waals surface area contributed by atoms with Crippen LogP contribution in [0.2, 0.25) is 0 Å². The first-order chi connectivity index (χ1) is 17.1. The number of carboxylic acid groups (broad SMARTS) is 2. The minimum Gasteiger partial charge on any atom is -0.475 e. The smallest absolute Gasteiger partial charge is 0.475 e. The summed E-state index contributed by atoms with van der Waals surface area (Å²) in [5.74, 6) is -5.69. The van der Waals surface area contributed by atoms with Crippen molar-refractivity contribution in [2.45, 2.75) is 25.3 Å². The fraction of sp³-hybridized carbons (Fsp3) is 0.636. The first-order valence-electron chi connectivity index (χ1n) is 10.9. The van der Waals surface area contributed by atoms with Crippen LogP contribution < -0.4 is 0 Å². The molecule has 0 saturated carbocycles. The van der Waals surface area contributed by atoms with Crippen LogP contribution in [0.15, 0.2) is 24.3 Å². The first-order valence-corrected chi connectivity index (χ1v) is 10.9. The number of aliphatic carboxylic acids is 2. The average Bonchev–Trinajstić information content (AvgIpc) is 3.07. The molecule has 1 aromatic rings. The molecule has 1 aromatic carbocycles. The molecule has 2 saturated heterocycles. The zero-order valence-corrected chi connectivity index (χ0v) is 19.9. The van der Waals surface area contributed by atoms with Crippen LogP contribution in [-0.4, -0.2) is 104 Å². The van der Waals surface area contributed by atoms with Gasteiger partial charge in [0.05, 0.1) is 19.8 Å². The fourth-order valence-corrected chi connectivity index (χ4v) is 3.75. The van der Waals surface area contributed by atoms with E-state index in [-0.39, 0.29) is 11.2 Å². The van der Waals surface area contributed by atoms with Crippen molar-refractivity contribution >= 4 is 11.9 Å². The lowest BCUT2D eigenvalue weighted by Crippen LogP contribution is -2.40. The zero-order valence-electron chi connectivity index (χ0n) is 19.9. The predicted molar refractivity (Wildman–Crippen MR) is 115 cm³/mol.